The minimum Gasteiger partial charge on any atom is -0.303 e. The molecule has 1 N–H and O–H groups in total. The molecule has 1 rings (SSSR count). The predicted octanol–water partition coefficient (Wildman–Crippen LogP) is 0.802. The van der Waals surface area contributed by atoms with Crippen molar-refractivity contribution >= 4 is 10.0 Å². The third-order valence-corrected chi connectivity index (χ3v) is 3.44. The van der Waals surface area contributed by atoms with Gasteiger partial charge in [-0.2, -0.15) is 0 Å². The van der Waals surface area contributed by atoms with E-state index in [4.69, 9.17) is 0 Å². The van der Waals surface area contributed by atoms with E-state index in [0.29, 0.717) is 6.54 Å². The van der Waals surface area contributed by atoms with E-state index in [1.54, 1.807) is 0 Å². The second-order valence-electron chi connectivity index (χ2n) is 4.28. The van der Waals surface area contributed by atoms with Crippen LogP contribution in [-0.4, -0.2) is 45.8 Å². The van der Waals surface area contributed by atoms with E-state index >= 15 is 0 Å². The van der Waals surface area contributed by atoms with E-state index in [-0.39, 0.29) is 0 Å². The Bertz CT molecular complexity index is 257. The number of sulfonamides is 1. The zero-order valence-electron chi connectivity index (χ0n) is 9.54. The summed E-state index contributed by atoms with van der Waals surface area (Å²) in [5.41, 5.74) is 0. The summed E-state index contributed by atoms with van der Waals surface area (Å²) in [6, 6.07) is 0. The third kappa shape index (κ3) is 6.87. The first-order valence-electron chi connectivity index (χ1n) is 5.75. The number of hydrogen-bond acceptors (Lipinski definition) is 3. The van der Waals surface area contributed by atoms with Crippen molar-refractivity contribution in [2.75, 3.05) is 32.4 Å². The van der Waals surface area contributed by atoms with E-state index in [9.17, 15) is 8.42 Å². The van der Waals surface area contributed by atoms with E-state index in [0.717, 1.165) is 13.0 Å². The van der Waals surface area contributed by atoms with Crippen LogP contribution in [0, 0.1) is 0 Å². The summed E-state index contributed by atoms with van der Waals surface area (Å²) in [5.74, 6) is 0. The fraction of sp³-hybridized carbons (Fsp3) is 1.00. The molecule has 1 saturated heterocycles. The first-order valence-corrected chi connectivity index (χ1v) is 7.64. The molecular formula is C10H22N2O2S. The molecule has 0 aromatic heterocycles. The molecule has 0 aliphatic carbocycles. The Balaban J connectivity index is 2.08. The predicted molar refractivity (Wildman–Crippen MR) is 62.4 cm³/mol. The first kappa shape index (κ1) is 12.9. The van der Waals surface area contributed by atoms with E-state index < -0.39 is 10.0 Å². The Kier molecular flexibility index (Phi) is 5.56. The Morgan fingerprint density at radius 2 is 1.73 bits per heavy atom. The maximum absolute atomic E-state index is 10.8. The van der Waals surface area contributed by atoms with Crippen molar-refractivity contribution in [1.82, 2.24) is 9.62 Å². The smallest absolute Gasteiger partial charge is 0.208 e. The van der Waals surface area contributed by atoms with Crippen molar-refractivity contribution in [1.29, 1.82) is 0 Å². The molecule has 0 radical (unpaired) electrons. The molecule has 0 aromatic carbocycles. The van der Waals surface area contributed by atoms with E-state index in [1.165, 1.54) is 45.0 Å². The molecule has 0 amide bonds. The molecule has 0 atom stereocenters. The number of hydrogen-bond donors (Lipinski definition) is 1. The van der Waals surface area contributed by atoms with Gasteiger partial charge < -0.3 is 4.90 Å². The summed E-state index contributed by atoms with van der Waals surface area (Å²) in [5, 5.41) is 0. The van der Waals surface area contributed by atoms with Gasteiger partial charge in [0.05, 0.1) is 6.26 Å². The lowest BCUT2D eigenvalue weighted by Crippen LogP contribution is -2.30. The van der Waals surface area contributed by atoms with Crippen LogP contribution < -0.4 is 4.72 Å². The van der Waals surface area contributed by atoms with Crippen LogP contribution in [0.3, 0.4) is 0 Å². The lowest BCUT2D eigenvalue weighted by atomic mass is 10.2. The van der Waals surface area contributed by atoms with Gasteiger partial charge in [0.15, 0.2) is 0 Å². The molecule has 0 bridgehead atoms. The summed E-state index contributed by atoms with van der Waals surface area (Å²) in [6.45, 7) is 3.94. The summed E-state index contributed by atoms with van der Waals surface area (Å²) in [7, 11) is -3.00. The highest BCUT2D eigenvalue weighted by atomic mass is 32.2. The number of likely N-dealkylation sites (tertiary alicyclic amines) is 1. The summed E-state index contributed by atoms with van der Waals surface area (Å²) in [4.78, 5) is 2.44. The van der Waals surface area contributed by atoms with Gasteiger partial charge in [0.2, 0.25) is 10.0 Å². The molecule has 1 aliphatic rings. The van der Waals surface area contributed by atoms with Gasteiger partial charge in [0, 0.05) is 6.54 Å². The minimum absolute atomic E-state index is 0.565. The van der Waals surface area contributed by atoms with Crippen LogP contribution >= 0.6 is 0 Å². The van der Waals surface area contributed by atoms with Gasteiger partial charge in [-0.1, -0.05) is 12.8 Å². The Morgan fingerprint density at radius 1 is 1.13 bits per heavy atom. The van der Waals surface area contributed by atoms with Crippen molar-refractivity contribution in [3.8, 4) is 0 Å². The van der Waals surface area contributed by atoms with Gasteiger partial charge in [-0.15, -0.1) is 0 Å². The van der Waals surface area contributed by atoms with Crippen molar-refractivity contribution in [2.24, 2.45) is 0 Å². The molecule has 0 unspecified atom stereocenters. The van der Waals surface area contributed by atoms with Crippen LogP contribution in [0.5, 0.6) is 0 Å². The van der Waals surface area contributed by atoms with Crippen molar-refractivity contribution < 1.29 is 8.42 Å². The van der Waals surface area contributed by atoms with Gasteiger partial charge >= 0.3 is 0 Å². The fourth-order valence-corrected chi connectivity index (χ4v) is 2.44. The zero-order valence-corrected chi connectivity index (χ0v) is 10.4. The normalized spacial score (nSPS) is 20.1. The van der Waals surface area contributed by atoms with Crippen molar-refractivity contribution in [3.05, 3.63) is 0 Å². The maximum atomic E-state index is 10.8. The average molecular weight is 234 g/mol. The molecular weight excluding hydrogens is 212 g/mol. The third-order valence-electron chi connectivity index (χ3n) is 2.71. The molecule has 1 fully saturated rings. The Labute approximate surface area is 93.1 Å². The highest BCUT2D eigenvalue weighted by Crippen LogP contribution is 2.09. The van der Waals surface area contributed by atoms with Gasteiger partial charge in [0.1, 0.15) is 0 Å². The van der Waals surface area contributed by atoms with Gasteiger partial charge in [0.25, 0.3) is 0 Å². The average Bonchev–Trinajstić information content (AvgIpc) is 2.39. The Hall–Kier alpha value is -0.130. The number of nitrogens with zero attached hydrogens (tertiary/aromatic N) is 1. The Morgan fingerprint density at radius 3 is 2.27 bits per heavy atom. The summed E-state index contributed by atoms with van der Waals surface area (Å²) in [6.07, 6.45) is 7.39. The fourth-order valence-electron chi connectivity index (χ4n) is 1.92. The molecule has 1 heterocycles. The second-order valence-corrected chi connectivity index (χ2v) is 6.11. The van der Waals surface area contributed by atoms with Crippen molar-refractivity contribution in [3.63, 3.8) is 0 Å². The van der Waals surface area contributed by atoms with E-state index in [1.807, 2.05) is 0 Å². The van der Waals surface area contributed by atoms with Gasteiger partial charge in [-0.25, -0.2) is 13.1 Å². The van der Waals surface area contributed by atoms with E-state index in [2.05, 4.69) is 9.62 Å². The highest BCUT2D eigenvalue weighted by molar-refractivity contribution is 7.88. The van der Waals surface area contributed by atoms with Crippen molar-refractivity contribution in [2.45, 2.75) is 32.1 Å². The molecule has 5 heteroatoms. The van der Waals surface area contributed by atoms with Gasteiger partial charge in [-0.3, -0.25) is 0 Å². The molecule has 0 spiro atoms. The van der Waals surface area contributed by atoms with Crippen LogP contribution in [0.4, 0.5) is 0 Å². The van der Waals surface area contributed by atoms with Gasteiger partial charge in [-0.05, 0) is 38.9 Å². The summed E-state index contributed by atoms with van der Waals surface area (Å²) >= 11 is 0. The van der Waals surface area contributed by atoms with Crippen LogP contribution in [0.25, 0.3) is 0 Å². The maximum Gasteiger partial charge on any atom is 0.208 e. The highest BCUT2D eigenvalue weighted by Gasteiger charge is 2.08. The summed E-state index contributed by atoms with van der Waals surface area (Å²) < 4.78 is 24.1. The standard InChI is InChI=1S/C10H22N2O2S/c1-15(13,14)11-7-6-10-12-8-4-2-3-5-9-12/h11H,2-10H2,1H3. The lowest BCUT2D eigenvalue weighted by molar-refractivity contribution is 0.282. The molecule has 0 aromatic rings. The zero-order chi connectivity index (χ0) is 11.1. The SMILES string of the molecule is CS(=O)(=O)NCCCN1CCCCCC1. The number of nitrogens with one attached hydrogen (secondary N) is 1. The topological polar surface area (TPSA) is 49.4 Å². The number of rotatable bonds is 5. The molecule has 90 valence electrons. The lowest BCUT2D eigenvalue weighted by Gasteiger charge is -2.19. The molecule has 15 heavy (non-hydrogen) atoms. The monoisotopic (exact) mass is 234 g/mol. The first-order chi connectivity index (χ1) is 7.08. The quantitative estimate of drug-likeness (QED) is 0.716. The second kappa shape index (κ2) is 6.45. The molecule has 0 saturated carbocycles. The van der Waals surface area contributed by atoms with Crippen LogP contribution in [0.15, 0.2) is 0 Å². The van der Waals surface area contributed by atoms with Crippen LogP contribution in [-0.2, 0) is 10.0 Å². The van der Waals surface area contributed by atoms with Crippen LogP contribution in [0.1, 0.15) is 32.1 Å². The largest absolute Gasteiger partial charge is 0.303 e. The molecule has 1 aliphatic heterocycles. The van der Waals surface area contributed by atoms with Crippen LogP contribution in [0.2, 0.25) is 0 Å². The minimum atomic E-state index is -3.00. The molecule has 4 nitrogen and oxygen atoms in total.